The van der Waals surface area contributed by atoms with Crippen molar-refractivity contribution in [3.05, 3.63) is 23.8 Å². The Hall–Kier alpha value is -1.22. The fourth-order valence-corrected chi connectivity index (χ4v) is 1.92. The van der Waals surface area contributed by atoms with Crippen LogP contribution in [0.5, 0.6) is 11.5 Å². The van der Waals surface area contributed by atoms with Crippen LogP contribution in [0, 0.1) is 0 Å². The van der Waals surface area contributed by atoms with Gasteiger partial charge in [0.05, 0.1) is 0 Å². The molecule has 2 N–H and O–H groups in total. The van der Waals surface area contributed by atoms with Crippen molar-refractivity contribution in [2.75, 3.05) is 6.79 Å². The minimum Gasteiger partial charge on any atom is -0.454 e. The highest BCUT2D eigenvalue weighted by Gasteiger charge is 2.15. The van der Waals surface area contributed by atoms with E-state index >= 15 is 0 Å². The molecule has 88 valence electrons. The zero-order valence-corrected chi connectivity index (χ0v) is 9.74. The summed E-state index contributed by atoms with van der Waals surface area (Å²) in [5, 5.41) is 0. The van der Waals surface area contributed by atoms with Gasteiger partial charge in [-0.2, -0.15) is 0 Å². The molecule has 1 aliphatic rings. The van der Waals surface area contributed by atoms with Crippen molar-refractivity contribution in [3.8, 4) is 11.5 Å². The molecular formula is C13H19NO2. The SMILES string of the molecule is CCCCC[C@H](N)c1ccc2c(c1)OCO2. The van der Waals surface area contributed by atoms with Crippen molar-refractivity contribution in [1.82, 2.24) is 0 Å². The van der Waals surface area contributed by atoms with Gasteiger partial charge in [0.25, 0.3) is 0 Å². The van der Waals surface area contributed by atoms with Crippen LogP contribution < -0.4 is 15.2 Å². The van der Waals surface area contributed by atoms with E-state index in [1.54, 1.807) is 0 Å². The Balaban J connectivity index is 1.98. The molecule has 3 nitrogen and oxygen atoms in total. The maximum Gasteiger partial charge on any atom is 0.231 e. The van der Waals surface area contributed by atoms with Crippen LogP contribution in [0.4, 0.5) is 0 Å². The third-order valence-corrected chi connectivity index (χ3v) is 2.94. The molecule has 16 heavy (non-hydrogen) atoms. The molecule has 0 amide bonds. The second-order valence-corrected chi connectivity index (χ2v) is 4.21. The molecule has 3 heteroatoms. The molecule has 0 saturated heterocycles. The third-order valence-electron chi connectivity index (χ3n) is 2.94. The van der Waals surface area contributed by atoms with Crippen molar-refractivity contribution < 1.29 is 9.47 Å². The van der Waals surface area contributed by atoms with Crippen molar-refractivity contribution in [1.29, 1.82) is 0 Å². The summed E-state index contributed by atoms with van der Waals surface area (Å²) in [5.41, 5.74) is 7.27. The normalized spacial score (nSPS) is 15.1. The van der Waals surface area contributed by atoms with E-state index in [0.717, 1.165) is 23.5 Å². The molecule has 0 radical (unpaired) electrons. The molecule has 1 aromatic rings. The molecule has 1 aromatic carbocycles. The second kappa shape index (κ2) is 5.21. The fourth-order valence-electron chi connectivity index (χ4n) is 1.92. The van der Waals surface area contributed by atoms with Gasteiger partial charge in [-0.05, 0) is 24.1 Å². The molecule has 0 saturated carbocycles. The summed E-state index contributed by atoms with van der Waals surface area (Å²) >= 11 is 0. The summed E-state index contributed by atoms with van der Waals surface area (Å²) in [6, 6.07) is 6.08. The van der Waals surface area contributed by atoms with Crippen molar-refractivity contribution in [3.63, 3.8) is 0 Å². The Labute approximate surface area is 96.5 Å². The van der Waals surface area contributed by atoms with Gasteiger partial charge in [-0.15, -0.1) is 0 Å². The highest BCUT2D eigenvalue weighted by Crippen LogP contribution is 2.34. The van der Waals surface area contributed by atoms with E-state index in [0.29, 0.717) is 6.79 Å². The van der Waals surface area contributed by atoms with Gasteiger partial charge in [0.2, 0.25) is 6.79 Å². The van der Waals surface area contributed by atoms with Crippen molar-refractivity contribution in [2.24, 2.45) is 5.73 Å². The molecule has 0 fully saturated rings. The molecule has 1 heterocycles. The first-order chi connectivity index (χ1) is 7.81. The Morgan fingerprint density at radius 3 is 2.88 bits per heavy atom. The lowest BCUT2D eigenvalue weighted by Crippen LogP contribution is -2.09. The number of hydrogen-bond donors (Lipinski definition) is 1. The summed E-state index contributed by atoms with van der Waals surface area (Å²) in [7, 11) is 0. The Morgan fingerprint density at radius 2 is 2.06 bits per heavy atom. The summed E-state index contributed by atoms with van der Waals surface area (Å²) in [6.07, 6.45) is 4.70. The number of hydrogen-bond acceptors (Lipinski definition) is 3. The zero-order chi connectivity index (χ0) is 11.4. The Morgan fingerprint density at radius 1 is 1.25 bits per heavy atom. The van der Waals surface area contributed by atoms with Gasteiger partial charge < -0.3 is 15.2 Å². The Bertz CT molecular complexity index is 352. The fraction of sp³-hybridized carbons (Fsp3) is 0.538. The molecule has 0 unspecified atom stereocenters. The van der Waals surface area contributed by atoms with E-state index in [-0.39, 0.29) is 6.04 Å². The number of rotatable bonds is 5. The minimum atomic E-state index is 0.112. The van der Waals surface area contributed by atoms with Crippen LogP contribution in [0.1, 0.15) is 44.2 Å². The molecular weight excluding hydrogens is 202 g/mol. The first kappa shape index (κ1) is 11.3. The predicted octanol–water partition coefficient (Wildman–Crippen LogP) is 3.00. The number of unbranched alkanes of at least 4 members (excludes halogenated alkanes) is 2. The summed E-state index contributed by atoms with van der Waals surface area (Å²) in [5.74, 6) is 1.65. The van der Waals surface area contributed by atoms with Crippen LogP contribution in [-0.4, -0.2) is 6.79 Å². The monoisotopic (exact) mass is 221 g/mol. The summed E-state index contributed by atoms with van der Waals surface area (Å²) < 4.78 is 10.6. The van der Waals surface area contributed by atoms with E-state index in [4.69, 9.17) is 15.2 Å². The first-order valence-corrected chi connectivity index (χ1v) is 5.96. The van der Waals surface area contributed by atoms with Crippen LogP contribution in [-0.2, 0) is 0 Å². The van der Waals surface area contributed by atoms with Gasteiger partial charge in [0.1, 0.15) is 0 Å². The average Bonchev–Trinajstić information content (AvgIpc) is 2.76. The second-order valence-electron chi connectivity index (χ2n) is 4.21. The van der Waals surface area contributed by atoms with Crippen LogP contribution in [0.25, 0.3) is 0 Å². The molecule has 0 bridgehead atoms. The summed E-state index contributed by atoms with van der Waals surface area (Å²) in [6.45, 7) is 2.52. The third kappa shape index (κ3) is 2.47. The lowest BCUT2D eigenvalue weighted by molar-refractivity contribution is 0.174. The van der Waals surface area contributed by atoms with Gasteiger partial charge >= 0.3 is 0 Å². The standard InChI is InChI=1S/C13H19NO2/c1-2-3-4-5-11(14)10-6-7-12-13(8-10)16-9-15-12/h6-8,11H,2-5,9,14H2,1H3/t11-/m0/s1. The van der Waals surface area contributed by atoms with Crippen LogP contribution >= 0.6 is 0 Å². The van der Waals surface area contributed by atoms with Crippen LogP contribution in [0.15, 0.2) is 18.2 Å². The number of fused-ring (bicyclic) bond motifs is 1. The van der Waals surface area contributed by atoms with Crippen molar-refractivity contribution >= 4 is 0 Å². The highest BCUT2D eigenvalue weighted by molar-refractivity contribution is 5.45. The largest absolute Gasteiger partial charge is 0.454 e. The maximum atomic E-state index is 6.13. The minimum absolute atomic E-state index is 0.112. The molecule has 1 atom stereocenters. The Kier molecular flexibility index (Phi) is 3.67. The van der Waals surface area contributed by atoms with E-state index < -0.39 is 0 Å². The lowest BCUT2D eigenvalue weighted by atomic mass is 10.0. The number of benzene rings is 1. The van der Waals surface area contributed by atoms with Gasteiger partial charge in [-0.25, -0.2) is 0 Å². The quantitative estimate of drug-likeness (QED) is 0.777. The average molecular weight is 221 g/mol. The number of ether oxygens (including phenoxy) is 2. The number of nitrogens with two attached hydrogens (primary N) is 1. The van der Waals surface area contributed by atoms with Crippen molar-refractivity contribution in [2.45, 2.75) is 38.6 Å². The molecule has 0 spiro atoms. The maximum absolute atomic E-state index is 6.13. The van der Waals surface area contributed by atoms with E-state index in [1.807, 2.05) is 18.2 Å². The first-order valence-electron chi connectivity index (χ1n) is 5.96. The van der Waals surface area contributed by atoms with Gasteiger partial charge in [-0.3, -0.25) is 0 Å². The molecule has 1 aliphatic heterocycles. The van der Waals surface area contributed by atoms with E-state index in [9.17, 15) is 0 Å². The predicted molar refractivity (Wildman–Crippen MR) is 63.6 cm³/mol. The van der Waals surface area contributed by atoms with Gasteiger partial charge in [-0.1, -0.05) is 32.3 Å². The van der Waals surface area contributed by atoms with Crippen LogP contribution in [0.2, 0.25) is 0 Å². The highest BCUT2D eigenvalue weighted by atomic mass is 16.7. The topological polar surface area (TPSA) is 44.5 Å². The van der Waals surface area contributed by atoms with Gasteiger partial charge in [0, 0.05) is 6.04 Å². The molecule has 0 aromatic heterocycles. The smallest absolute Gasteiger partial charge is 0.231 e. The molecule has 2 rings (SSSR count). The van der Waals surface area contributed by atoms with E-state index in [1.165, 1.54) is 19.3 Å². The van der Waals surface area contributed by atoms with Gasteiger partial charge in [0.15, 0.2) is 11.5 Å². The summed E-state index contributed by atoms with van der Waals surface area (Å²) in [4.78, 5) is 0. The molecule has 0 aliphatic carbocycles. The zero-order valence-electron chi connectivity index (χ0n) is 9.74. The van der Waals surface area contributed by atoms with Crippen LogP contribution in [0.3, 0.4) is 0 Å². The lowest BCUT2D eigenvalue weighted by Gasteiger charge is -2.12. The van der Waals surface area contributed by atoms with E-state index in [2.05, 4.69) is 6.92 Å².